The Morgan fingerprint density at radius 2 is 0.901 bits per heavy atom. The van der Waals surface area contributed by atoms with Crippen LogP contribution in [0.2, 0.25) is 0 Å². The van der Waals surface area contributed by atoms with Gasteiger partial charge in [-0.2, -0.15) is 40.6 Å². The molecule has 0 saturated carbocycles. The Kier molecular flexibility index (Phi) is 35.8. The highest BCUT2D eigenvalue weighted by Gasteiger charge is 2.25. The molecule has 0 aliphatic rings. The summed E-state index contributed by atoms with van der Waals surface area (Å²) in [5.41, 5.74) is 3.70. The number of hydrogen-bond donors (Lipinski definition) is 2. The summed E-state index contributed by atoms with van der Waals surface area (Å²) in [6.07, 6.45) is 9.69. The molecule has 6 rings (SSSR count). The van der Waals surface area contributed by atoms with Gasteiger partial charge in [-0.1, -0.05) is 172 Å². The van der Waals surface area contributed by atoms with Gasteiger partial charge in [0.15, 0.2) is 0 Å². The summed E-state index contributed by atoms with van der Waals surface area (Å²) in [5, 5.41) is 33.6. The van der Waals surface area contributed by atoms with E-state index in [-0.39, 0.29) is 16.3 Å². The van der Waals surface area contributed by atoms with Crippen LogP contribution in [0.5, 0.6) is 5.75 Å². The molecule has 0 atom stereocenters. The second-order valence-corrected chi connectivity index (χ2v) is 19.5. The quantitative estimate of drug-likeness (QED) is 0.0708. The van der Waals surface area contributed by atoms with Gasteiger partial charge in [0.05, 0.1) is 50.9 Å². The predicted molar refractivity (Wildman–Crippen MR) is 297 cm³/mol. The Labute approximate surface area is 425 Å². The molecule has 6 aromatic rings. The number of fused-ring (bicyclic) bond motifs is 2. The number of anilines is 1. The van der Waals surface area contributed by atoms with E-state index >= 15 is 0 Å². The van der Waals surface area contributed by atoms with Crippen LogP contribution in [0.15, 0.2) is 147 Å². The van der Waals surface area contributed by atoms with Crippen LogP contribution in [-0.4, -0.2) is 77.8 Å². The number of hydrogen-bond acceptors (Lipinski definition) is 15. The lowest BCUT2D eigenvalue weighted by molar-refractivity contribution is 0.397. The Bertz CT molecular complexity index is 2720. The Morgan fingerprint density at radius 1 is 0.535 bits per heavy atom. The van der Waals surface area contributed by atoms with Crippen LogP contribution >= 0.6 is 0 Å². The lowest BCUT2D eigenvalue weighted by Gasteiger charge is -2.15. The lowest BCUT2D eigenvalue weighted by atomic mass is 10.1. The molecule has 2 N–H and O–H groups in total. The molecule has 71 heavy (non-hydrogen) atoms. The molecule has 0 aliphatic carbocycles. The van der Waals surface area contributed by atoms with E-state index in [1.54, 1.807) is 31.3 Å². The fourth-order valence-corrected chi connectivity index (χ4v) is 5.81. The van der Waals surface area contributed by atoms with Gasteiger partial charge in [-0.15, -0.1) is 5.11 Å². The maximum absolute atomic E-state index is 12.8. The number of nitrogens with one attached hydrogen (secondary N) is 1. The van der Waals surface area contributed by atoms with E-state index in [1.165, 1.54) is 42.2 Å². The summed E-state index contributed by atoms with van der Waals surface area (Å²) in [6, 6.07) is 38.0. The average molecular weight is 1040 g/mol. The Morgan fingerprint density at radius 3 is 1.24 bits per heavy atom. The van der Waals surface area contributed by atoms with Gasteiger partial charge in [0.1, 0.15) is 16.3 Å². The third-order valence-corrected chi connectivity index (χ3v) is 10.4. The van der Waals surface area contributed by atoms with Gasteiger partial charge in [0, 0.05) is 19.0 Å². The van der Waals surface area contributed by atoms with Crippen LogP contribution in [0.25, 0.3) is 33.7 Å². The van der Waals surface area contributed by atoms with Crippen LogP contribution in [0.4, 0.5) is 22.7 Å². The third kappa shape index (κ3) is 28.5. The van der Waals surface area contributed by atoms with Crippen LogP contribution in [0.3, 0.4) is 0 Å². The molecule has 0 unspecified atom stereocenters. The fraction of sp³-hybridized carbons (Fsp3) is 0.358. The van der Waals surface area contributed by atoms with Gasteiger partial charge < -0.3 is 10.4 Å². The number of benzene rings is 6. The van der Waals surface area contributed by atoms with Crippen molar-refractivity contribution < 1.29 is 42.9 Å². The maximum atomic E-state index is 12.8. The van der Waals surface area contributed by atoms with Crippen LogP contribution in [0, 0.1) is 0 Å². The van der Waals surface area contributed by atoms with Crippen LogP contribution < -0.4 is 5.32 Å². The zero-order valence-corrected chi connectivity index (χ0v) is 46.6. The minimum atomic E-state index is -4.12. The van der Waals surface area contributed by atoms with Gasteiger partial charge in [0.25, 0.3) is 30.4 Å². The molecule has 392 valence electrons. The molecule has 6 aromatic carbocycles. The molecule has 0 aliphatic heterocycles. The summed E-state index contributed by atoms with van der Waals surface area (Å²) in [6.45, 7) is 19.1. The summed E-state index contributed by atoms with van der Waals surface area (Å²) < 4.78 is 77.3. The highest BCUT2D eigenvalue weighted by Crippen LogP contribution is 2.44. The van der Waals surface area contributed by atoms with Crippen molar-refractivity contribution in [3.05, 3.63) is 132 Å². The number of nitrogens with zero attached hydrogens (tertiary/aromatic N) is 4. The first-order chi connectivity index (χ1) is 33.7. The Hall–Kier alpha value is -5.89. The topological polar surface area (TPSA) is 212 Å². The number of azo groups is 2. The lowest BCUT2D eigenvalue weighted by Crippen LogP contribution is -2.06. The standard InChI is InChI=1S/C28H27N5O4S.C10H8.3C3H8.2C2H6O3S.C2H6/c1-4-30-28-26-21(6-5-7-24(26)34)18-25(38(35,36)37-3)27(28)33-32-23-16-12-20(13-17-23)9-8-19-10-14-22(15-11-19)31-29-2;1-2-6-10-8-4-3-7-9(10)5-1;3*1-3-2;2*1-5-6(2,3)4;1-2/h5-18,30,34H,4H2,1-3H3;1-8H;3*3H2,1-2H3;2*1-2H3;1-2H3. The number of rotatable bonds is 11. The van der Waals surface area contributed by atoms with E-state index in [9.17, 15) is 30.4 Å². The van der Waals surface area contributed by atoms with Crippen molar-refractivity contribution in [1.29, 1.82) is 0 Å². The van der Waals surface area contributed by atoms with Crippen molar-refractivity contribution in [2.45, 2.75) is 86.5 Å². The summed E-state index contributed by atoms with van der Waals surface area (Å²) in [7, 11) is -5.48. The van der Waals surface area contributed by atoms with E-state index in [4.69, 9.17) is 4.18 Å². The van der Waals surface area contributed by atoms with Crippen molar-refractivity contribution >= 4 is 86.8 Å². The van der Waals surface area contributed by atoms with Gasteiger partial charge in [-0.05, 0) is 70.6 Å². The molecule has 0 heterocycles. The number of phenolic OH excluding ortho intramolecular Hbond substituents is 1. The normalized spacial score (nSPS) is 10.8. The van der Waals surface area contributed by atoms with E-state index in [0.717, 1.165) is 50.7 Å². The molecular formula is C53H77N5O10S3. The second kappa shape index (κ2) is 37.9. The maximum Gasteiger partial charge on any atom is 0.299 e. The fourth-order valence-electron chi connectivity index (χ4n) is 4.98. The van der Waals surface area contributed by atoms with Crippen molar-refractivity contribution in [3.63, 3.8) is 0 Å². The summed E-state index contributed by atoms with van der Waals surface area (Å²) in [4.78, 5) is -0.149. The smallest absolute Gasteiger partial charge is 0.299 e. The number of phenols is 1. The van der Waals surface area contributed by atoms with Crippen molar-refractivity contribution in [1.82, 2.24) is 0 Å². The first kappa shape index (κ1) is 67.2. The van der Waals surface area contributed by atoms with Gasteiger partial charge in [0.2, 0.25) is 0 Å². The van der Waals surface area contributed by atoms with Crippen molar-refractivity contribution in [2.75, 3.05) is 52.8 Å². The Balaban J connectivity index is 0. The van der Waals surface area contributed by atoms with E-state index < -0.39 is 30.4 Å². The highest BCUT2D eigenvalue weighted by molar-refractivity contribution is 7.87. The number of aromatic hydroxyl groups is 1. The minimum Gasteiger partial charge on any atom is -0.507 e. The largest absolute Gasteiger partial charge is 0.507 e. The molecule has 0 radical (unpaired) electrons. The molecule has 18 heteroatoms. The average Bonchev–Trinajstić information content (AvgIpc) is 3.35. The van der Waals surface area contributed by atoms with Gasteiger partial charge in [-0.3, -0.25) is 12.5 Å². The molecule has 0 aromatic heterocycles. The van der Waals surface area contributed by atoms with Gasteiger partial charge in [-0.25, -0.2) is 0 Å². The van der Waals surface area contributed by atoms with Crippen molar-refractivity contribution in [3.8, 4) is 5.75 Å². The molecule has 0 fully saturated rings. The molecular weight excluding hydrogens is 963 g/mol. The van der Waals surface area contributed by atoms with Crippen LogP contribution in [0.1, 0.15) is 92.7 Å². The predicted octanol–water partition coefficient (Wildman–Crippen LogP) is 14.9. The molecule has 0 spiro atoms. The van der Waals surface area contributed by atoms with E-state index in [0.29, 0.717) is 28.7 Å². The monoisotopic (exact) mass is 1040 g/mol. The van der Waals surface area contributed by atoms with Crippen molar-refractivity contribution in [2.24, 2.45) is 20.5 Å². The highest BCUT2D eigenvalue weighted by atomic mass is 32.2. The van der Waals surface area contributed by atoms with Gasteiger partial charge >= 0.3 is 0 Å². The first-order valence-corrected chi connectivity index (χ1v) is 28.1. The summed E-state index contributed by atoms with van der Waals surface area (Å²) >= 11 is 0. The van der Waals surface area contributed by atoms with Crippen LogP contribution in [-0.2, 0) is 42.9 Å². The second-order valence-electron chi connectivity index (χ2n) is 14.4. The third-order valence-electron chi connectivity index (χ3n) is 7.92. The van der Waals surface area contributed by atoms with E-state index in [2.05, 4.69) is 124 Å². The molecule has 0 amide bonds. The molecule has 0 bridgehead atoms. The molecule has 15 nitrogen and oxygen atoms in total. The summed E-state index contributed by atoms with van der Waals surface area (Å²) in [5.74, 6) is -0.00296. The molecule has 0 saturated heterocycles. The van der Waals surface area contributed by atoms with E-state index in [1.807, 2.05) is 69.3 Å². The zero-order valence-electron chi connectivity index (χ0n) is 44.2. The SMILES string of the molecule is CC.CCC.CCC.CCC.CCNc1c(N=Nc2ccc(C=Cc3ccc(N=NC)cc3)cc2)c(S(=O)(=O)OC)cc2cccc(O)c12.COS(C)(=O)=O.COS(C)(=O)=O.c1ccc2ccccc2c1. The first-order valence-electron chi connectivity index (χ1n) is 23.1. The zero-order chi connectivity index (χ0) is 54.5. The minimum absolute atomic E-state index is 0.00296.